The Morgan fingerprint density at radius 1 is 1.64 bits per heavy atom. The number of carboxylic acid groups (broad SMARTS) is 1. The Labute approximate surface area is 72.6 Å². The first-order chi connectivity index (χ1) is 4.95. The molecule has 0 aliphatic heterocycles. The van der Waals surface area contributed by atoms with Gasteiger partial charge in [0.1, 0.15) is 5.43 Å². The molecule has 1 rings (SSSR count). The molecule has 1 fully saturated rings. The molecule has 66 valence electrons. The lowest BCUT2D eigenvalue weighted by molar-refractivity contribution is -0.233. The van der Waals surface area contributed by atoms with E-state index in [9.17, 15) is 0 Å². The number of rotatable bonds is 1. The third-order valence-electron chi connectivity index (χ3n) is 2.03. The summed E-state index contributed by atoms with van der Waals surface area (Å²) in [5.41, 5.74) is -1.61. The van der Waals surface area contributed by atoms with Crippen molar-refractivity contribution in [2.75, 3.05) is 0 Å². The molecule has 0 amide bonds. The fraction of sp³-hybridized carbons (Fsp3) is 0.875. The molecule has 0 bridgehead atoms. The minimum absolute atomic E-state index is 0.940. The Morgan fingerprint density at radius 3 is 1.91 bits per heavy atom. The summed E-state index contributed by atoms with van der Waals surface area (Å²) in [7, 11) is 0. The fourth-order valence-corrected chi connectivity index (χ4v) is 1.28. The first-order valence-corrected chi connectivity index (χ1v) is 4.19. The highest BCUT2D eigenvalue weighted by molar-refractivity contribution is 6.59. The lowest BCUT2D eigenvalue weighted by atomic mass is 10.1. The highest BCUT2D eigenvalue weighted by atomic mass is 35.5. The zero-order valence-electron chi connectivity index (χ0n) is 7.13. The van der Waals surface area contributed by atoms with Crippen LogP contribution < -0.4 is 5.11 Å². The fourth-order valence-electron chi connectivity index (χ4n) is 1.28. The maximum Gasteiger partial charge on any atom is 0.134 e. The predicted octanol–water partition coefficient (Wildman–Crippen LogP) is 1.87. The van der Waals surface area contributed by atoms with E-state index >= 15 is 0 Å². The SMILES string of the molecule is CC(C)C1CC1C.O=C([O-])Cl. The highest BCUT2D eigenvalue weighted by Gasteiger charge is 2.34. The Balaban J connectivity index is 0.000000218. The van der Waals surface area contributed by atoms with E-state index in [1.54, 1.807) is 0 Å². The third kappa shape index (κ3) is 6.17. The molecule has 2 unspecified atom stereocenters. The minimum Gasteiger partial charge on any atom is -0.534 e. The summed E-state index contributed by atoms with van der Waals surface area (Å²) in [5.74, 6) is 3.05. The molecule has 0 radical (unpaired) electrons. The molecule has 0 aromatic rings. The number of hydrogen-bond donors (Lipinski definition) is 0. The Morgan fingerprint density at radius 2 is 1.91 bits per heavy atom. The molecule has 2 nitrogen and oxygen atoms in total. The molecule has 0 spiro atoms. The van der Waals surface area contributed by atoms with Crippen molar-refractivity contribution in [2.24, 2.45) is 17.8 Å². The maximum absolute atomic E-state index is 8.65. The van der Waals surface area contributed by atoms with Gasteiger partial charge in [-0.25, -0.2) is 0 Å². The number of carbonyl (C=O) groups is 1. The summed E-state index contributed by atoms with van der Waals surface area (Å²) >= 11 is 4.08. The molecule has 3 heteroatoms. The number of hydrogen-bond acceptors (Lipinski definition) is 2. The molecule has 2 atom stereocenters. The van der Waals surface area contributed by atoms with Crippen molar-refractivity contribution in [1.29, 1.82) is 0 Å². The van der Waals surface area contributed by atoms with Crippen LogP contribution in [-0.4, -0.2) is 5.43 Å². The first kappa shape index (κ1) is 10.8. The predicted molar refractivity (Wildman–Crippen MR) is 43.4 cm³/mol. The van der Waals surface area contributed by atoms with Crippen LogP contribution in [0.3, 0.4) is 0 Å². The summed E-state index contributed by atoms with van der Waals surface area (Å²) in [5, 5.41) is 8.65. The molecule has 11 heavy (non-hydrogen) atoms. The van der Waals surface area contributed by atoms with Gasteiger partial charge in [0.25, 0.3) is 0 Å². The van der Waals surface area contributed by atoms with Crippen molar-refractivity contribution in [3.63, 3.8) is 0 Å². The van der Waals surface area contributed by atoms with E-state index in [4.69, 9.17) is 9.90 Å². The van der Waals surface area contributed by atoms with Gasteiger partial charge in [-0.3, -0.25) is 0 Å². The number of halogens is 1. The standard InChI is InChI=1S/C7H14.CHClO2/c1-5(2)7-4-6(7)3;2-1(3)4/h5-7H,4H2,1-3H3;(H,3,4)/p-1. The van der Waals surface area contributed by atoms with Gasteiger partial charge in [-0.15, -0.1) is 0 Å². The summed E-state index contributed by atoms with van der Waals surface area (Å²) < 4.78 is 0. The molecule has 1 aliphatic carbocycles. The molecular formula is C8H14ClO2-. The van der Waals surface area contributed by atoms with Crippen LogP contribution in [0.25, 0.3) is 0 Å². The second-order valence-electron chi connectivity index (χ2n) is 3.36. The van der Waals surface area contributed by atoms with Gasteiger partial charge in [-0.05, 0) is 24.2 Å². The van der Waals surface area contributed by atoms with Crippen molar-refractivity contribution in [1.82, 2.24) is 0 Å². The van der Waals surface area contributed by atoms with Crippen LogP contribution in [0.4, 0.5) is 4.79 Å². The molecular weight excluding hydrogens is 164 g/mol. The second-order valence-corrected chi connectivity index (χ2v) is 3.67. The Hall–Kier alpha value is -0.240. The smallest absolute Gasteiger partial charge is 0.134 e. The molecule has 1 saturated carbocycles. The summed E-state index contributed by atoms with van der Waals surface area (Å²) in [4.78, 5) is 8.65. The van der Waals surface area contributed by atoms with Crippen LogP contribution in [0.15, 0.2) is 0 Å². The summed E-state index contributed by atoms with van der Waals surface area (Å²) in [6, 6.07) is 0. The van der Waals surface area contributed by atoms with Crippen LogP contribution in [0, 0.1) is 17.8 Å². The second kappa shape index (κ2) is 4.60. The van der Waals surface area contributed by atoms with E-state index < -0.39 is 5.43 Å². The van der Waals surface area contributed by atoms with Crippen molar-refractivity contribution in [3.8, 4) is 0 Å². The molecule has 0 saturated heterocycles. The van der Waals surface area contributed by atoms with E-state index in [1.807, 2.05) is 0 Å². The van der Waals surface area contributed by atoms with Gasteiger partial charge in [-0.2, -0.15) is 0 Å². The van der Waals surface area contributed by atoms with Gasteiger partial charge in [0.2, 0.25) is 0 Å². The van der Waals surface area contributed by atoms with Gasteiger partial charge >= 0.3 is 0 Å². The zero-order valence-corrected chi connectivity index (χ0v) is 7.89. The Bertz CT molecular complexity index is 130. The zero-order chi connectivity index (χ0) is 9.02. The molecule has 1 aliphatic rings. The van der Waals surface area contributed by atoms with Gasteiger partial charge in [-0.1, -0.05) is 32.4 Å². The van der Waals surface area contributed by atoms with E-state index in [0.717, 1.165) is 17.8 Å². The van der Waals surface area contributed by atoms with Crippen LogP contribution in [0.1, 0.15) is 27.2 Å². The van der Waals surface area contributed by atoms with Gasteiger partial charge in [0, 0.05) is 0 Å². The molecule has 0 aromatic heterocycles. The third-order valence-corrected chi connectivity index (χ3v) is 2.03. The van der Waals surface area contributed by atoms with Crippen LogP contribution in [0.2, 0.25) is 0 Å². The van der Waals surface area contributed by atoms with Crippen molar-refractivity contribution < 1.29 is 9.90 Å². The van der Waals surface area contributed by atoms with Crippen molar-refractivity contribution in [3.05, 3.63) is 0 Å². The van der Waals surface area contributed by atoms with Crippen molar-refractivity contribution in [2.45, 2.75) is 27.2 Å². The van der Waals surface area contributed by atoms with Gasteiger partial charge in [0.15, 0.2) is 0 Å². The van der Waals surface area contributed by atoms with Gasteiger partial charge in [0.05, 0.1) is 0 Å². The monoisotopic (exact) mass is 177 g/mol. The maximum atomic E-state index is 8.65. The molecule has 0 N–H and O–H groups in total. The normalized spacial score (nSPS) is 27.4. The topological polar surface area (TPSA) is 40.1 Å². The average molecular weight is 178 g/mol. The van der Waals surface area contributed by atoms with Crippen LogP contribution in [0.5, 0.6) is 0 Å². The van der Waals surface area contributed by atoms with E-state index in [1.165, 1.54) is 6.42 Å². The average Bonchev–Trinajstić information content (AvgIpc) is 2.44. The minimum atomic E-state index is -1.61. The summed E-state index contributed by atoms with van der Waals surface area (Å²) in [6.07, 6.45) is 1.48. The molecule has 0 aromatic carbocycles. The highest BCUT2D eigenvalue weighted by Crippen LogP contribution is 2.43. The van der Waals surface area contributed by atoms with Crippen LogP contribution in [-0.2, 0) is 0 Å². The van der Waals surface area contributed by atoms with E-state index in [-0.39, 0.29) is 0 Å². The van der Waals surface area contributed by atoms with Gasteiger partial charge < -0.3 is 9.90 Å². The van der Waals surface area contributed by atoms with Crippen molar-refractivity contribution >= 4 is 17.0 Å². The van der Waals surface area contributed by atoms with Crippen LogP contribution >= 0.6 is 11.6 Å². The first-order valence-electron chi connectivity index (χ1n) is 3.81. The number of carbonyl (C=O) groups excluding carboxylic acids is 1. The molecule has 0 heterocycles. The Kier molecular flexibility index (Phi) is 4.50. The largest absolute Gasteiger partial charge is 0.534 e. The van der Waals surface area contributed by atoms with E-state index in [0.29, 0.717) is 0 Å². The lowest BCUT2D eigenvalue weighted by Gasteiger charge is -1.97. The lowest BCUT2D eigenvalue weighted by Crippen LogP contribution is -2.11. The quantitative estimate of drug-likeness (QED) is 0.574. The van der Waals surface area contributed by atoms with E-state index in [2.05, 4.69) is 32.4 Å². The summed E-state index contributed by atoms with van der Waals surface area (Å²) in [6.45, 7) is 6.97.